The number of benzene rings is 2. The number of hydrogen-bond donors (Lipinski definition) is 2. The predicted octanol–water partition coefficient (Wildman–Crippen LogP) is 3.99. The standard InChI is InChI=1S/C21H26BrN3O4S/c1-3-29-19-9-7-16(13-20(19)30(27,28)25-10-4-5-11-25)23-14-21(26)24-17-6-8-18(22)15(2)12-17/h6-9,12-13,23H,3-5,10-11,14H2,1-2H3,(H,24,26). The second-order valence-electron chi connectivity index (χ2n) is 7.07. The van der Waals surface area contributed by atoms with Crippen molar-refractivity contribution in [1.82, 2.24) is 4.31 Å². The van der Waals surface area contributed by atoms with Crippen LogP contribution in [0, 0.1) is 6.92 Å². The van der Waals surface area contributed by atoms with Gasteiger partial charge in [0.2, 0.25) is 15.9 Å². The number of carbonyl (C=O) groups is 1. The quantitative estimate of drug-likeness (QED) is 0.577. The first kappa shape index (κ1) is 22.6. The van der Waals surface area contributed by atoms with Crippen molar-refractivity contribution in [3.8, 4) is 5.75 Å². The van der Waals surface area contributed by atoms with E-state index in [-0.39, 0.29) is 17.3 Å². The summed E-state index contributed by atoms with van der Waals surface area (Å²) in [5.74, 6) is 0.0966. The highest BCUT2D eigenvalue weighted by Gasteiger charge is 2.30. The van der Waals surface area contributed by atoms with E-state index < -0.39 is 10.0 Å². The number of halogens is 1. The lowest BCUT2D eigenvalue weighted by Gasteiger charge is -2.19. The first-order valence-electron chi connectivity index (χ1n) is 9.88. The van der Waals surface area contributed by atoms with Crippen LogP contribution in [0.25, 0.3) is 0 Å². The van der Waals surface area contributed by atoms with Crippen molar-refractivity contribution in [2.45, 2.75) is 31.6 Å². The molecule has 1 aliphatic rings. The Hall–Kier alpha value is -2.10. The van der Waals surface area contributed by atoms with Crippen LogP contribution in [-0.2, 0) is 14.8 Å². The summed E-state index contributed by atoms with van der Waals surface area (Å²) in [7, 11) is -3.65. The number of rotatable bonds is 8. The number of ether oxygens (including phenoxy) is 1. The molecule has 30 heavy (non-hydrogen) atoms. The molecule has 2 aromatic carbocycles. The molecule has 1 amide bonds. The molecule has 3 rings (SSSR count). The van der Waals surface area contributed by atoms with Gasteiger partial charge in [0, 0.05) is 28.9 Å². The number of nitrogens with zero attached hydrogens (tertiary/aromatic N) is 1. The molecule has 1 heterocycles. The van der Waals surface area contributed by atoms with E-state index in [0.29, 0.717) is 36.8 Å². The summed E-state index contributed by atoms with van der Waals surface area (Å²) in [5, 5.41) is 5.83. The Morgan fingerprint density at radius 2 is 1.83 bits per heavy atom. The van der Waals surface area contributed by atoms with Gasteiger partial charge in [0.25, 0.3) is 0 Å². The number of anilines is 2. The first-order chi connectivity index (χ1) is 14.3. The highest BCUT2D eigenvalue weighted by atomic mass is 79.9. The Labute approximate surface area is 186 Å². The van der Waals surface area contributed by atoms with Crippen LogP contribution in [0.15, 0.2) is 45.8 Å². The van der Waals surface area contributed by atoms with Crippen LogP contribution in [-0.4, -0.2) is 44.9 Å². The molecule has 0 atom stereocenters. The zero-order valence-corrected chi connectivity index (χ0v) is 19.5. The average molecular weight is 496 g/mol. The molecule has 2 N–H and O–H groups in total. The average Bonchev–Trinajstić information content (AvgIpc) is 3.26. The molecule has 1 aliphatic heterocycles. The van der Waals surface area contributed by atoms with Crippen molar-refractivity contribution in [3.05, 3.63) is 46.4 Å². The molecule has 0 unspecified atom stereocenters. The van der Waals surface area contributed by atoms with Gasteiger partial charge in [0.05, 0.1) is 13.2 Å². The fraction of sp³-hybridized carbons (Fsp3) is 0.381. The maximum absolute atomic E-state index is 13.1. The van der Waals surface area contributed by atoms with Crippen molar-refractivity contribution in [2.24, 2.45) is 0 Å². The van der Waals surface area contributed by atoms with E-state index in [1.807, 2.05) is 32.0 Å². The molecular weight excluding hydrogens is 470 g/mol. The van der Waals surface area contributed by atoms with Crippen LogP contribution in [0.5, 0.6) is 5.75 Å². The molecule has 0 aliphatic carbocycles. The lowest BCUT2D eigenvalue weighted by atomic mass is 10.2. The first-order valence-corrected chi connectivity index (χ1v) is 12.1. The second-order valence-corrected chi connectivity index (χ2v) is 9.83. The molecule has 2 aromatic rings. The van der Waals surface area contributed by atoms with E-state index in [2.05, 4.69) is 26.6 Å². The van der Waals surface area contributed by atoms with Crippen molar-refractivity contribution < 1.29 is 17.9 Å². The molecule has 0 bridgehead atoms. The van der Waals surface area contributed by atoms with E-state index in [4.69, 9.17) is 4.74 Å². The second kappa shape index (κ2) is 9.80. The monoisotopic (exact) mass is 495 g/mol. The maximum Gasteiger partial charge on any atom is 0.246 e. The van der Waals surface area contributed by atoms with E-state index >= 15 is 0 Å². The van der Waals surface area contributed by atoms with Crippen molar-refractivity contribution in [2.75, 3.05) is 36.9 Å². The summed E-state index contributed by atoms with van der Waals surface area (Å²) < 4.78 is 34.1. The van der Waals surface area contributed by atoms with Crippen LogP contribution in [0.3, 0.4) is 0 Å². The number of hydrogen-bond acceptors (Lipinski definition) is 5. The summed E-state index contributed by atoms with van der Waals surface area (Å²) >= 11 is 3.43. The van der Waals surface area contributed by atoms with Crippen LogP contribution in [0.2, 0.25) is 0 Å². The molecule has 0 saturated carbocycles. The van der Waals surface area contributed by atoms with Gasteiger partial charge in [-0.3, -0.25) is 4.79 Å². The third-order valence-electron chi connectivity index (χ3n) is 4.82. The minimum absolute atomic E-state index is 0.00625. The highest BCUT2D eigenvalue weighted by Crippen LogP contribution is 2.31. The normalized spacial score (nSPS) is 14.5. The Balaban J connectivity index is 1.73. The van der Waals surface area contributed by atoms with Gasteiger partial charge in [0.1, 0.15) is 10.6 Å². The minimum atomic E-state index is -3.65. The largest absolute Gasteiger partial charge is 0.492 e. The Morgan fingerprint density at radius 1 is 1.13 bits per heavy atom. The zero-order valence-electron chi connectivity index (χ0n) is 17.1. The topological polar surface area (TPSA) is 87.7 Å². The lowest BCUT2D eigenvalue weighted by Crippen LogP contribution is -2.28. The Kier molecular flexibility index (Phi) is 7.38. The highest BCUT2D eigenvalue weighted by molar-refractivity contribution is 9.10. The molecule has 0 spiro atoms. The van der Waals surface area contributed by atoms with Gasteiger partial charge in [0.15, 0.2) is 0 Å². The van der Waals surface area contributed by atoms with E-state index in [9.17, 15) is 13.2 Å². The van der Waals surface area contributed by atoms with E-state index in [1.54, 1.807) is 12.1 Å². The Bertz CT molecular complexity index is 1020. The molecular formula is C21H26BrN3O4S. The molecule has 9 heteroatoms. The van der Waals surface area contributed by atoms with Crippen LogP contribution in [0.1, 0.15) is 25.3 Å². The number of aryl methyl sites for hydroxylation is 1. The predicted molar refractivity (Wildman–Crippen MR) is 122 cm³/mol. The summed E-state index contributed by atoms with van der Waals surface area (Å²) in [4.78, 5) is 12.4. The molecule has 1 saturated heterocycles. The number of amides is 1. The smallest absolute Gasteiger partial charge is 0.246 e. The fourth-order valence-corrected chi connectivity index (χ4v) is 5.19. The van der Waals surface area contributed by atoms with Crippen LogP contribution >= 0.6 is 15.9 Å². The molecule has 7 nitrogen and oxygen atoms in total. The van der Waals surface area contributed by atoms with Gasteiger partial charge in [-0.05, 0) is 68.7 Å². The van der Waals surface area contributed by atoms with Crippen LogP contribution in [0.4, 0.5) is 11.4 Å². The van der Waals surface area contributed by atoms with Gasteiger partial charge < -0.3 is 15.4 Å². The van der Waals surface area contributed by atoms with Gasteiger partial charge in [-0.25, -0.2) is 8.42 Å². The van der Waals surface area contributed by atoms with Crippen molar-refractivity contribution >= 4 is 43.2 Å². The molecule has 0 aromatic heterocycles. The van der Waals surface area contributed by atoms with Gasteiger partial charge in [-0.2, -0.15) is 4.31 Å². The van der Waals surface area contributed by atoms with E-state index in [1.165, 1.54) is 10.4 Å². The minimum Gasteiger partial charge on any atom is -0.492 e. The summed E-state index contributed by atoms with van der Waals surface area (Å²) in [6, 6.07) is 10.4. The van der Waals surface area contributed by atoms with Gasteiger partial charge >= 0.3 is 0 Å². The zero-order chi connectivity index (χ0) is 21.7. The lowest BCUT2D eigenvalue weighted by molar-refractivity contribution is -0.114. The molecule has 1 fully saturated rings. The van der Waals surface area contributed by atoms with Gasteiger partial charge in [-0.15, -0.1) is 0 Å². The fourth-order valence-electron chi connectivity index (χ4n) is 3.27. The SMILES string of the molecule is CCOc1ccc(NCC(=O)Nc2ccc(Br)c(C)c2)cc1S(=O)(=O)N1CCCC1. The summed E-state index contributed by atoms with van der Waals surface area (Å²) in [5.41, 5.74) is 2.26. The van der Waals surface area contributed by atoms with E-state index in [0.717, 1.165) is 22.9 Å². The summed E-state index contributed by atoms with van der Waals surface area (Å²) in [6.45, 7) is 5.16. The Morgan fingerprint density at radius 3 is 2.50 bits per heavy atom. The number of sulfonamides is 1. The van der Waals surface area contributed by atoms with Crippen LogP contribution < -0.4 is 15.4 Å². The number of nitrogens with one attached hydrogen (secondary N) is 2. The molecule has 162 valence electrons. The third kappa shape index (κ3) is 5.33. The third-order valence-corrected chi connectivity index (χ3v) is 7.63. The maximum atomic E-state index is 13.1. The molecule has 0 radical (unpaired) electrons. The number of carbonyl (C=O) groups excluding carboxylic acids is 1. The van der Waals surface area contributed by atoms with Crippen molar-refractivity contribution in [3.63, 3.8) is 0 Å². The van der Waals surface area contributed by atoms with Crippen molar-refractivity contribution in [1.29, 1.82) is 0 Å². The summed E-state index contributed by atoms with van der Waals surface area (Å²) in [6.07, 6.45) is 1.72. The van der Waals surface area contributed by atoms with Gasteiger partial charge in [-0.1, -0.05) is 15.9 Å².